The Balaban J connectivity index is 2.83. The first-order valence-electron chi connectivity index (χ1n) is 11.4. The number of hydrogen-bond donors (Lipinski definition) is 5. The number of ketones is 2. The number of phenols is 5. The predicted octanol–water partition coefficient (Wildman–Crippen LogP) is 4.65. The molecule has 0 amide bonds. The summed E-state index contributed by atoms with van der Waals surface area (Å²) in [7, 11) is 0. The zero-order valence-electron chi connectivity index (χ0n) is 20.7. The molecule has 0 aliphatic carbocycles. The lowest BCUT2D eigenvalue weighted by Gasteiger charge is -2.21. The quantitative estimate of drug-likeness (QED) is 0.242. The zero-order valence-corrected chi connectivity index (χ0v) is 20.7. The first kappa shape index (κ1) is 27.4. The molecule has 0 fully saturated rings. The van der Waals surface area contributed by atoms with Crippen molar-refractivity contribution in [2.45, 2.75) is 60.3 Å². The molecule has 1 atom stereocenters. The molecular weight excluding hydrogens is 452 g/mol. The monoisotopic (exact) mass is 484 g/mol. The average Bonchev–Trinajstić information content (AvgIpc) is 2.83. The third kappa shape index (κ3) is 4.99. The van der Waals surface area contributed by atoms with E-state index in [1.807, 2.05) is 0 Å². The maximum atomic E-state index is 12.9. The molecule has 0 aliphatic rings. The smallest absolute Gasteiger partial charge is 0.173 e. The van der Waals surface area contributed by atoms with Crippen LogP contribution in [0.5, 0.6) is 34.5 Å². The van der Waals surface area contributed by atoms with E-state index in [-0.39, 0.29) is 52.2 Å². The minimum absolute atomic E-state index is 0.0450. The maximum Gasteiger partial charge on any atom is 0.173 e. The molecule has 0 saturated carbocycles. The van der Waals surface area contributed by atoms with Crippen LogP contribution in [-0.4, -0.2) is 43.7 Å². The number of rotatable bonds is 10. The van der Waals surface area contributed by atoms with E-state index in [1.54, 1.807) is 20.8 Å². The summed E-state index contributed by atoms with van der Waals surface area (Å²) < 4.78 is 5.47. The number of phenolic OH excluding ortho intramolecular Hbond substituents is 5. The second-order valence-electron chi connectivity index (χ2n) is 8.55. The second kappa shape index (κ2) is 11.0. The fraction of sp³-hybridized carbons (Fsp3) is 0.407. The first-order chi connectivity index (χ1) is 16.4. The number of hydrogen-bond acceptors (Lipinski definition) is 8. The molecule has 2 rings (SSSR count). The number of carbonyl (C=O) groups is 2. The Labute approximate surface area is 204 Å². The van der Waals surface area contributed by atoms with Crippen LogP contribution in [0.2, 0.25) is 0 Å². The van der Waals surface area contributed by atoms with Gasteiger partial charge in [0.1, 0.15) is 52.2 Å². The molecule has 2 aromatic rings. The highest BCUT2D eigenvalue weighted by molar-refractivity contribution is 6.04. The number of benzene rings is 2. The third-order valence-corrected chi connectivity index (χ3v) is 6.20. The van der Waals surface area contributed by atoms with Crippen LogP contribution in [0.4, 0.5) is 0 Å². The minimum Gasteiger partial charge on any atom is -0.507 e. The molecule has 188 valence electrons. The molecule has 0 saturated heterocycles. The SMILES string of the molecule is C#CCOc1c(C)c(O)c(Cc2c(O)c(C)c(O)c(C(=O)C(C)CC)c2O)c(O)c1C(=O)CCC. The van der Waals surface area contributed by atoms with Crippen molar-refractivity contribution in [3.63, 3.8) is 0 Å². The van der Waals surface area contributed by atoms with Crippen molar-refractivity contribution in [3.8, 4) is 46.8 Å². The molecule has 8 heteroatoms. The van der Waals surface area contributed by atoms with Gasteiger partial charge in [-0.2, -0.15) is 0 Å². The molecule has 0 spiro atoms. The summed E-state index contributed by atoms with van der Waals surface area (Å²) in [6, 6.07) is 0. The van der Waals surface area contributed by atoms with E-state index >= 15 is 0 Å². The molecule has 0 aliphatic heterocycles. The topological polar surface area (TPSA) is 145 Å². The third-order valence-electron chi connectivity index (χ3n) is 6.20. The van der Waals surface area contributed by atoms with E-state index in [1.165, 1.54) is 13.8 Å². The van der Waals surface area contributed by atoms with Crippen LogP contribution in [0.3, 0.4) is 0 Å². The van der Waals surface area contributed by atoms with Gasteiger partial charge in [-0.15, -0.1) is 6.42 Å². The number of carbonyl (C=O) groups excluding carboxylic acids is 2. The summed E-state index contributed by atoms with van der Waals surface area (Å²) >= 11 is 0. The van der Waals surface area contributed by atoms with Gasteiger partial charge in [0.2, 0.25) is 0 Å². The fourth-order valence-corrected chi connectivity index (χ4v) is 3.87. The Bertz CT molecular complexity index is 1200. The van der Waals surface area contributed by atoms with Crippen LogP contribution in [0.15, 0.2) is 0 Å². The molecule has 0 bridgehead atoms. The van der Waals surface area contributed by atoms with Crippen LogP contribution >= 0.6 is 0 Å². The normalized spacial score (nSPS) is 11.7. The molecule has 1 unspecified atom stereocenters. The van der Waals surface area contributed by atoms with Crippen LogP contribution in [-0.2, 0) is 6.42 Å². The number of Topliss-reactive ketones (excluding diaryl/α,β-unsaturated/α-hetero) is 2. The van der Waals surface area contributed by atoms with Crippen molar-refractivity contribution in [3.05, 3.63) is 33.4 Å². The predicted molar refractivity (Wildman–Crippen MR) is 131 cm³/mol. The van der Waals surface area contributed by atoms with E-state index in [2.05, 4.69) is 5.92 Å². The van der Waals surface area contributed by atoms with Gasteiger partial charge >= 0.3 is 0 Å². The number of ether oxygens (including phenoxy) is 1. The first-order valence-corrected chi connectivity index (χ1v) is 11.4. The lowest BCUT2D eigenvalue weighted by Crippen LogP contribution is -2.13. The molecular formula is C27H32O8. The lowest BCUT2D eigenvalue weighted by atomic mass is 9.88. The van der Waals surface area contributed by atoms with Crippen LogP contribution < -0.4 is 4.74 Å². The Morgan fingerprint density at radius 2 is 1.43 bits per heavy atom. The number of terminal acetylenes is 1. The van der Waals surface area contributed by atoms with Crippen molar-refractivity contribution in [1.82, 2.24) is 0 Å². The highest BCUT2D eigenvalue weighted by atomic mass is 16.5. The molecule has 0 heterocycles. The molecule has 35 heavy (non-hydrogen) atoms. The fourth-order valence-electron chi connectivity index (χ4n) is 3.87. The van der Waals surface area contributed by atoms with E-state index in [0.29, 0.717) is 12.8 Å². The molecule has 2 aromatic carbocycles. The van der Waals surface area contributed by atoms with Gasteiger partial charge in [0.05, 0.1) is 0 Å². The van der Waals surface area contributed by atoms with E-state index in [4.69, 9.17) is 11.2 Å². The Hall–Kier alpha value is -3.86. The summed E-state index contributed by atoms with van der Waals surface area (Å²) in [5.41, 5.74) is -0.778. The number of aromatic hydroxyl groups is 5. The Kier molecular flexibility index (Phi) is 8.64. The largest absolute Gasteiger partial charge is 0.507 e. The van der Waals surface area contributed by atoms with Crippen LogP contribution in [0.1, 0.15) is 83.0 Å². The van der Waals surface area contributed by atoms with Gasteiger partial charge in [-0.25, -0.2) is 0 Å². The van der Waals surface area contributed by atoms with Crippen molar-refractivity contribution in [1.29, 1.82) is 0 Å². The zero-order chi connectivity index (χ0) is 26.6. The Morgan fingerprint density at radius 3 is 1.94 bits per heavy atom. The van der Waals surface area contributed by atoms with E-state index < -0.39 is 52.7 Å². The van der Waals surface area contributed by atoms with Crippen molar-refractivity contribution >= 4 is 11.6 Å². The molecule has 5 N–H and O–H groups in total. The standard InChI is InChI=1S/C27H32O8/c1-7-10-18(28)19-25(33)17(23(31)15(6)27(19)35-11-8-2)12-16-22(30)14(5)24(32)20(26(16)34)21(29)13(4)9-3/h2,13,30-34H,7,9-12H2,1,3-6H3. The summed E-state index contributed by atoms with van der Waals surface area (Å²) in [5, 5.41) is 54.0. The van der Waals surface area contributed by atoms with Crippen molar-refractivity contribution in [2.75, 3.05) is 6.61 Å². The van der Waals surface area contributed by atoms with Gasteiger partial charge in [0.15, 0.2) is 11.6 Å². The van der Waals surface area contributed by atoms with Crippen LogP contribution in [0.25, 0.3) is 0 Å². The van der Waals surface area contributed by atoms with Gasteiger partial charge in [-0.05, 0) is 26.7 Å². The highest BCUT2D eigenvalue weighted by Gasteiger charge is 2.31. The van der Waals surface area contributed by atoms with Gasteiger partial charge in [0.25, 0.3) is 0 Å². The average molecular weight is 485 g/mol. The van der Waals surface area contributed by atoms with Crippen molar-refractivity contribution < 1.29 is 39.9 Å². The minimum atomic E-state index is -0.665. The second-order valence-corrected chi connectivity index (χ2v) is 8.55. The molecule has 0 aromatic heterocycles. The Morgan fingerprint density at radius 1 is 0.886 bits per heavy atom. The maximum absolute atomic E-state index is 12.9. The van der Waals surface area contributed by atoms with Gasteiger partial charge in [0, 0.05) is 41.0 Å². The lowest BCUT2D eigenvalue weighted by molar-refractivity contribution is 0.0920. The van der Waals surface area contributed by atoms with E-state index in [9.17, 15) is 35.1 Å². The molecule has 8 nitrogen and oxygen atoms in total. The summed E-state index contributed by atoms with van der Waals surface area (Å²) in [6.07, 6.45) is 5.85. The highest BCUT2D eigenvalue weighted by Crippen LogP contribution is 2.48. The van der Waals surface area contributed by atoms with Gasteiger partial charge < -0.3 is 30.3 Å². The summed E-state index contributed by atoms with van der Waals surface area (Å²) in [4.78, 5) is 25.7. The van der Waals surface area contributed by atoms with E-state index in [0.717, 1.165) is 0 Å². The van der Waals surface area contributed by atoms with Crippen LogP contribution in [0, 0.1) is 32.1 Å². The summed E-state index contributed by atoms with van der Waals surface area (Å²) in [6.45, 7) is 7.86. The van der Waals surface area contributed by atoms with Gasteiger partial charge in [-0.3, -0.25) is 9.59 Å². The van der Waals surface area contributed by atoms with Crippen molar-refractivity contribution in [2.24, 2.45) is 5.92 Å². The summed E-state index contributed by atoms with van der Waals surface area (Å²) in [5.74, 6) is -1.99. The molecule has 0 radical (unpaired) electrons. The van der Waals surface area contributed by atoms with Gasteiger partial charge in [-0.1, -0.05) is 26.7 Å².